The van der Waals surface area contributed by atoms with Crippen molar-refractivity contribution in [1.29, 1.82) is 5.26 Å². The summed E-state index contributed by atoms with van der Waals surface area (Å²) < 4.78 is 5.84. The molecule has 4 aromatic carbocycles. The standard InChI is InChI=1S/C35H24ClN3O3S/c1-22-7-9-23(10-8-22)29-19-31(24-11-13-25(36)14-12-24)38-34(30(29)21-37)43-32-20-33(40)39(35(32)41)26-15-17-28(18-16-26)42-27-5-3-2-4-6-27/h2-19,32H,20H2,1H3. The summed E-state index contributed by atoms with van der Waals surface area (Å²) in [5.74, 6) is 0.605. The number of nitriles is 1. The summed E-state index contributed by atoms with van der Waals surface area (Å²) in [6.45, 7) is 2.00. The Morgan fingerprint density at radius 3 is 2.21 bits per heavy atom. The molecular formula is C35H24ClN3O3S. The van der Waals surface area contributed by atoms with Crippen LogP contribution >= 0.6 is 23.4 Å². The van der Waals surface area contributed by atoms with Crippen molar-refractivity contribution in [2.45, 2.75) is 23.6 Å². The van der Waals surface area contributed by atoms with Crippen LogP contribution in [0.15, 0.2) is 114 Å². The van der Waals surface area contributed by atoms with Crippen molar-refractivity contribution in [2.24, 2.45) is 0 Å². The second kappa shape index (κ2) is 12.1. The molecule has 1 fully saturated rings. The van der Waals surface area contributed by atoms with Crippen molar-refractivity contribution in [2.75, 3.05) is 4.90 Å². The zero-order chi connectivity index (χ0) is 29.9. The number of hydrogen-bond acceptors (Lipinski definition) is 6. The van der Waals surface area contributed by atoms with Gasteiger partial charge in [0.15, 0.2) is 0 Å². The molecule has 210 valence electrons. The molecule has 2 heterocycles. The monoisotopic (exact) mass is 601 g/mol. The number of nitrogens with zero attached hydrogens (tertiary/aromatic N) is 3. The molecule has 0 saturated carbocycles. The first-order valence-electron chi connectivity index (χ1n) is 13.5. The maximum Gasteiger partial charge on any atom is 0.247 e. The van der Waals surface area contributed by atoms with Crippen LogP contribution in [0.4, 0.5) is 5.69 Å². The van der Waals surface area contributed by atoms with Crippen molar-refractivity contribution in [3.63, 3.8) is 0 Å². The van der Waals surface area contributed by atoms with Gasteiger partial charge in [0.25, 0.3) is 0 Å². The van der Waals surface area contributed by atoms with Crippen LogP contribution in [0, 0.1) is 18.3 Å². The number of ether oxygens (including phenoxy) is 1. The number of thioether (sulfide) groups is 1. The molecule has 1 atom stereocenters. The molecule has 8 heteroatoms. The van der Waals surface area contributed by atoms with Gasteiger partial charge in [-0.15, -0.1) is 0 Å². The van der Waals surface area contributed by atoms with Gasteiger partial charge in [-0.25, -0.2) is 9.88 Å². The Hall–Kier alpha value is -4.90. The predicted molar refractivity (Wildman–Crippen MR) is 169 cm³/mol. The molecule has 0 radical (unpaired) electrons. The van der Waals surface area contributed by atoms with Gasteiger partial charge in [0, 0.05) is 22.6 Å². The van der Waals surface area contributed by atoms with Gasteiger partial charge in [-0.2, -0.15) is 5.26 Å². The Morgan fingerprint density at radius 1 is 0.884 bits per heavy atom. The number of para-hydroxylation sites is 1. The number of benzene rings is 4. The van der Waals surface area contributed by atoms with Gasteiger partial charge >= 0.3 is 0 Å². The lowest BCUT2D eigenvalue weighted by molar-refractivity contribution is -0.121. The summed E-state index contributed by atoms with van der Waals surface area (Å²) in [4.78, 5) is 32.7. The van der Waals surface area contributed by atoms with Gasteiger partial charge in [-0.1, -0.05) is 83.5 Å². The zero-order valence-electron chi connectivity index (χ0n) is 23.0. The van der Waals surface area contributed by atoms with E-state index in [-0.39, 0.29) is 18.2 Å². The fraction of sp³-hybridized carbons (Fsp3) is 0.0857. The highest BCUT2D eigenvalue weighted by atomic mass is 35.5. The number of carbonyl (C=O) groups excluding carboxylic acids is 2. The van der Waals surface area contributed by atoms with E-state index in [4.69, 9.17) is 21.3 Å². The molecular weight excluding hydrogens is 578 g/mol. The second-order valence-electron chi connectivity index (χ2n) is 10.0. The fourth-order valence-corrected chi connectivity index (χ4v) is 6.09. The van der Waals surface area contributed by atoms with Crippen molar-refractivity contribution < 1.29 is 14.3 Å². The molecule has 0 bridgehead atoms. The maximum absolute atomic E-state index is 13.6. The van der Waals surface area contributed by atoms with E-state index in [0.29, 0.717) is 44.1 Å². The average molecular weight is 602 g/mol. The van der Waals surface area contributed by atoms with Crippen LogP contribution < -0.4 is 9.64 Å². The Bertz CT molecular complexity index is 1850. The van der Waals surface area contributed by atoms with Crippen molar-refractivity contribution in [3.05, 3.63) is 125 Å². The first-order valence-corrected chi connectivity index (χ1v) is 14.8. The van der Waals surface area contributed by atoms with Gasteiger partial charge in [-0.05, 0) is 67.1 Å². The lowest BCUT2D eigenvalue weighted by atomic mass is 9.98. The molecule has 5 aromatic rings. The minimum Gasteiger partial charge on any atom is -0.457 e. The summed E-state index contributed by atoms with van der Waals surface area (Å²) in [5.41, 5.74) is 4.92. The molecule has 0 aliphatic carbocycles. The third kappa shape index (κ3) is 6.02. The summed E-state index contributed by atoms with van der Waals surface area (Å²) in [6.07, 6.45) is -0.0106. The summed E-state index contributed by atoms with van der Waals surface area (Å²) in [6, 6.07) is 35.5. The zero-order valence-corrected chi connectivity index (χ0v) is 24.6. The minimum atomic E-state index is -0.737. The number of carbonyl (C=O) groups is 2. The van der Waals surface area contributed by atoms with Gasteiger partial charge in [0.05, 0.1) is 22.2 Å². The van der Waals surface area contributed by atoms with Gasteiger partial charge in [-0.3, -0.25) is 9.59 Å². The lowest BCUT2D eigenvalue weighted by Crippen LogP contribution is -2.31. The van der Waals surface area contributed by atoms with Crippen LogP contribution in [-0.4, -0.2) is 22.0 Å². The molecule has 1 aliphatic rings. The van der Waals surface area contributed by atoms with Crippen LogP contribution in [0.1, 0.15) is 17.5 Å². The Kier molecular flexibility index (Phi) is 7.97. The highest BCUT2D eigenvalue weighted by molar-refractivity contribution is 8.00. The number of halogens is 1. The molecule has 43 heavy (non-hydrogen) atoms. The van der Waals surface area contributed by atoms with Crippen molar-refractivity contribution >= 4 is 40.9 Å². The highest BCUT2D eigenvalue weighted by Gasteiger charge is 2.41. The van der Waals surface area contributed by atoms with E-state index in [9.17, 15) is 14.9 Å². The molecule has 1 aromatic heterocycles. The Labute approximate surface area is 258 Å². The number of pyridine rings is 1. The van der Waals surface area contributed by atoms with E-state index in [0.717, 1.165) is 28.5 Å². The van der Waals surface area contributed by atoms with Crippen LogP contribution in [0.2, 0.25) is 5.02 Å². The molecule has 0 N–H and O–H groups in total. The molecule has 2 amide bonds. The van der Waals surface area contributed by atoms with E-state index >= 15 is 0 Å². The molecule has 6 rings (SSSR count). The van der Waals surface area contributed by atoms with Crippen LogP contribution in [0.5, 0.6) is 11.5 Å². The molecule has 1 aliphatic heterocycles. The van der Waals surface area contributed by atoms with E-state index in [2.05, 4.69) is 6.07 Å². The number of rotatable bonds is 7. The summed E-state index contributed by atoms with van der Waals surface area (Å²) in [7, 11) is 0. The van der Waals surface area contributed by atoms with Gasteiger partial charge < -0.3 is 4.74 Å². The minimum absolute atomic E-state index is 0.0106. The maximum atomic E-state index is 13.6. The number of imide groups is 1. The molecule has 1 unspecified atom stereocenters. The molecule has 6 nitrogen and oxygen atoms in total. The third-order valence-corrected chi connectivity index (χ3v) is 8.46. The van der Waals surface area contributed by atoms with E-state index in [1.165, 1.54) is 4.90 Å². The van der Waals surface area contributed by atoms with Crippen molar-refractivity contribution in [1.82, 2.24) is 4.98 Å². The first kappa shape index (κ1) is 28.2. The fourth-order valence-electron chi connectivity index (χ4n) is 4.83. The van der Waals surface area contributed by atoms with E-state index in [1.54, 1.807) is 36.4 Å². The number of anilines is 1. The van der Waals surface area contributed by atoms with Crippen molar-refractivity contribution in [3.8, 4) is 40.0 Å². The quantitative estimate of drug-likeness (QED) is 0.174. The molecule has 1 saturated heterocycles. The number of hydrogen-bond donors (Lipinski definition) is 0. The lowest BCUT2D eigenvalue weighted by Gasteiger charge is -2.17. The van der Waals surface area contributed by atoms with Gasteiger partial charge in [0.2, 0.25) is 11.8 Å². The Balaban J connectivity index is 1.31. The summed E-state index contributed by atoms with van der Waals surface area (Å²) >= 11 is 7.27. The predicted octanol–water partition coefficient (Wildman–Crippen LogP) is 8.47. The smallest absolute Gasteiger partial charge is 0.247 e. The average Bonchev–Trinajstić information content (AvgIpc) is 3.30. The number of aryl methyl sites for hydroxylation is 1. The Morgan fingerprint density at radius 2 is 1.53 bits per heavy atom. The SMILES string of the molecule is Cc1ccc(-c2cc(-c3ccc(Cl)cc3)nc(SC3CC(=O)N(c4ccc(Oc5ccccc5)cc4)C3=O)c2C#N)cc1. The van der Waals surface area contributed by atoms with E-state index in [1.807, 2.05) is 79.7 Å². The summed E-state index contributed by atoms with van der Waals surface area (Å²) in [5, 5.41) is 10.5. The topological polar surface area (TPSA) is 83.3 Å². The van der Waals surface area contributed by atoms with E-state index < -0.39 is 5.25 Å². The van der Waals surface area contributed by atoms with Crippen LogP contribution in [0.3, 0.4) is 0 Å². The largest absolute Gasteiger partial charge is 0.457 e. The van der Waals surface area contributed by atoms with Gasteiger partial charge in [0.1, 0.15) is 22.6 Å². The highest BCUT2D eigenvalue weighted by Crippen LogP contribution is 2.40. The first-order chi connectivity index (χ1) is 20.9. The number of amides is 2. The number of aromatic nitrogens is 1. The second-order valence-corrected chi connectivity index (χ2v) is 11.6. The molecule has 0 spiro atoms. The van der Waals surface area contributed by atoms with Crippen LogP contribution in [-0.2, 0) is 9.59 Å². The van der Waals surface area contributed by atoms with Crippen LogP contribution in [0.25, 0.3) is 22.4 Å². The third-order valence-electron chi connectivity index (χ3n) is 7.03. The normalized spacial score (nSPS) is 14.5.